The Kier molecular flexibility index (Phi) is 4.55. The SMILES string of the molecule is CCSc1ccccc1OCC1CCOC1. The van der Waals surface area contributed by atoms with Gasteiger partial charge in [0.1, 0.15) is 5.75 Å². The smallest absolute Gasteiger partial charge is 0.132 e. The van der Waals surface area contributed by atoms with Gasteiger partial charge in [-0.15, -0.1) is 11.8 Å². The quantitative estimate of drug-likeness (QED) is 0.734. The van der Waals surface area contributed by atoms with E-state index in [-0.39, 0.29) is 0 Å². The average molecular weight is 238 g/mol. The molecule has 2 nitrogen and oxygen atoms in total. The lowest BCUT2D eigenvalue weighted by molar-refractivity contribution is 0.166. The van der Waals surface area contributed by atoms with Crippen LogP contribution in [0.15, 0.2) is 29.2 Å². The first-order valence-corrected chi connectivity index (χ1v) is 6.81. The molecule has 1 aliphatic rings. The molecule has 1 unspecified atom stereocenters. The first kappa shape index (κ1) is 11.8. The van der Waals surface area contributed by atoms with Crippen molar-refractivity contribution in [1.82, 2.24) is 0 Å². The van der Waals surface area contributed by atoms with E-state index < -0.39 is 0 Å². The molecule has 0 radical (unpaired) electrons. The lowest BCUT2D eigenvalue weighted by Crippen LogP contribution is -2.11. The van der Waals surface area contributed by atoms with Crippen molar-refractivity contribution >= 4 is 11.8 Å². The van der Waals surface area contributed by atoms with Crippen LogP contribution in [0.25, 0.3) is 0 Å². The van der Waals surface area contributed by atoms with Gasteiger partial charge < -0.3 is 9.47 Å². The van der Waals surface area contributed by atoms with Gasteiger partial charge in [-0.2, -0.15) is 0 Å². The van der Waals surface area contributed by atoms with E-state index in [0.717, 1.165) is 37.7 Å². The first-order valence-electron chi connectivity index (χ1n) is 5.82. The highest BCUT2D eigenvalue weighted by Crippen LogP contribution is 2.29. The van der Waals surface area contributed by atoms with Crippen LogP contribution in [0.3, 0.4) is 0 Å². The molecule has 2 rings (SSSR count). The second-order valence-electron chi connectivity index (χ2n) is 3.92. The van der Waals surface area contributed by atoms with Gasteiger partial charge in [0.05, 0.1) is 13.2 Å². The number of ether oxygens (including phenoxy) is 2. The Labute approximate surface area is 101 Å². The van der Waals surface area contributed by atoms with E-state index in [0.29, 0.717) is 5.92 Å². The Bertz CT molecular complexity index is 321. The molecule has 1 aliphatic heterocycles. The Balaban J connectivity index is 1.91. The fraction of sp³-hybridized carbons (Fsp3) is 0.538. The fourth-order valence-electron chi connectivity index (χ4n) is 1.77. The summed E-state index contributed by atoms with van der Waals surface area (Å²) in [5.74, 6) is 2.66. The van der Waals surface area contributed by atoms with Crippen LogP contribution in [0.5, 0.6) is 5.75 Å². The largest absolute Gasteiger partial charge is 0.492 e. The lowest BCUT2D eigenvalue weighted by atomic mass is 10.1. The zero-order valence-electron chi connectivity index (χ0n) is 9.65. The van der Waals surface area contributed by atoms with Gasteiger partial charge >= 0.3 is 0 Å². The maximum Gasteiger partial charge on any atom is 0.132 e. The van der Waals surface area contributed by atoms with Gasteiger partial charge in [-0.1, -0.05) is 19.1 Å². The third-order valence-electron chi connectivity index (χ3n) is 2.65. The molecule has 3 heteroatoms. The average Bonchev–Trinajstić information content (AvgIpc) is 2.81. The normalized spacial score (nSPS) is 19.9. The molecule has 0 N–H and O–H groups in total. The van der Waals surface area contributed by atoms with Crippen molar-refractivity contribution in [3.8, 4) is 5.75 Å². The molecule has 1 atom stereocenters. The van der Waals surface area contributed by atoms with Crippen molar-refractivity contribution in [1.29, 1.82) is 0 Å². The van der Waals surface area contributed by atoms with Crippen LogP contribution in [-0.4, -0.2) is 25.6 Å². The third kappa shape index (κ3) is 3.16. The molecule has 0 aromatic heterocycles. The summed E-state index contributed by atoms with van der Waals surface area (Å²) in [6.45, 7) is 4.68. The number of para-hydroxylation sites is 1. The molecule has 1 aromatic carbocycles. The summed E-state index contributed by atoms with van der Waals surface area (Å²) in [6, 6.07) is 8.26. The second kappa shape index (κ2) is 6.16. The highest BCUT2D eigenvalue weighted by molar-refractivity contribution is 7.99. The van der Waals surface area contributed by atoms with Crippen molar-refractivity contribution in [2.75, 3.05) is 25.6 Å². The van der Waals surface area contributed by atoms with Crippen LogP contribution in [-0.2, 0) is 4.74 Å². The molecule has 88 valence electrons. The van der Waals surface area contributed by atoms with Crippen LogP contribution in [0.1, 0.15) is 13.3 Å². The van der Waals surface area contributed by atoms with Crippen LogP contribution < -0.4 is 4.74 Å². The number of thioether (sulfide) groups is 1. The van der Waals surface area contributed by atoms with Crippen LogP contribution in [0.4, 0.5) is 0 Å². The molecular formula is C13H18O2S. The van der Waals surface area contributed by atoms with Crippen LogP contribution in [0, 0.1) is 5.92 Å². The molecule has 1 heterocycles. The lowest BCUT2D eigenvalue weighted by Gasteiger charge is -2.13. The Morgan fingerprint density at radius 1 is 1.44 bits per heavy atom. The second-order valence-corrected chi connectivity index (χ2v) is 5.23. The van der Waals surface area contributed by atoms with E-state index >= 15 is 0 Å². The van der Waals surface area contributed by atoms with E-state index in [9.17, 15) is 0 Å². The molecule has 0 aliphatic carbocycles. The number of rotatable bonds is 5. The monoisotopic (exact) mass is 238 g/mol. The van der Waals surface area contributed by atoms with E-state index in [1.54, 1.807) is 0 Å². The van der Waals surface area contributed by atoms with Gasteiger partial charge in [0.15, 0.2) is 0 Å². The number of hydrogen-bond acceptors (Lipinski definition) is 3. The molecule has 1 fully saturated rings. The van der Waals surface area contributed by atoms with Gasteiger partial charge in [-0.25, -0.2) is 0 Å². The minimum atomic E-state index is 0.569. The van der Waals surface area contributed by atoms with Crippen LogP contribution >= 0.6 is 11.8 Å². The highest BCUT2D eigenvalue weighted by Gasteiger charge is 2.16. The van der Waals surface area contributed by atoms with E-state index in [2.05, 4.69) is 19.1 Å². The van der Waals surface area contributed by atoms with Gasteiger partial charge in [0.25, 0.3) is 0 Å². The van der Waals surface area contributed by atoms with Crippen molar-refractivity contribution in [2.24, 2.45) is 5.92 Å². The Hall–Kier alpha value is -0.670. The summed E-state index contributed by atoms with van der Waals surface area (Å²) < 4.78 is 11.2. The highest BCUT2D eigenvalue weighted by atomic mass is 32.2. The van der Waals surface area contributed by atoms with Gasteiger partial charge in [-0.05, 0) is 24.3 Å². The van der Waals surface area contributed by atoms with E-state index in [1.165, 1.54) is 4.90 Å². The van der Waals surface area contributed by atoms with Crippen molar-refractivity contribution in [2.45, 2.75) is 18.2 Å². The van der Waals surface area contributed by atoms with Gasteiger partial charge in [0.2, 0.25) is 0 Å². The van der Waals surface area contributed by atoms with Crippen molar-refractivity contribution < 1.29 is 9.47 Å². The number of hydrogen-bond donors (Lipinski definition) is 0. The standard InChI is InChI=1S/C13H18O2S/c1-2-16-13-6-4-3-5-12(13)15-10-11-7-8-14-9-11/h3-6,11H,2,7-10H2,1H3. The van der Waals surface area contributed by atoms with Gasteiger partial charge in [-0.3, -0.25) is 0 Å². The summed E-state index contributed by atoms with van der Waals surface area (Å²) in [4.78, 5) is 1.24. The zero-order chi connectivity index (χ0) is 11.2. The minimum Gasteiger partial charge on any atom is -0.492 e. The van der Waals surface area contributed by atoms with Crippen molar-refractivity contribution in [3.05, 3.63) is 24.3 Å². The molecular weight excluding hydrogens is 220 g/mol. The third-order valence-corrected chi connectivity index (χ3v) is 3.58. The summed E-state index contributed by atoms with van der Waals surface area (Å²) in [7, 11) is 0. The molecule has 16 heavy (non-hydrogen) atoms. The summed E-state index contributed by atoms with van der Waals surface area (Å²) in [5.41, 5.74) is 0. The van der Waals surface area contributed by atoms with Gasteiger partial charge in [0, 0.05) is 17.4 Å². The summed E-state index contributed by atoms with van der Waals surface area (Å²) in [5, 5.41) is 0. The molecule has 0 amide bonds. The zero-order valence-corrected chi connectivity index (χ0v) is 10.5. The maximum atomic E-state index is 5.87. The topological polar surface area (TPSA) is 18.5 Å². The van der Waals surface area contributed by atoms with Crippen LogP contribution in [0.2, 0.25) is 0 Å². The first-order chi connectivity index (χ1) is 7.90. The molecule has 0 spiro atoms. The molecule has 0 bridgehead atoms. The van der Waals surface area contributed by atoms with E-state index in [4.69, 9.17) is 9.47 Å². The summed E-state index contributed by atoms with van der Waals surface area (Å²) >= 11 is 1.83. The molecule has 1 saturated heterocycles. The maximum absolute atomic E-state index is 5.87. The summed E-state index contributed by atoms with van der Waals surface area (Å²) in [6.07, 6.45) is 1.13. The predicted octanol–water partition coefficient (Wildman–Crippen LogP) is 3.21. The fourth-order valence-corrected chi connectivity index (χ4v) is 2.52. The predicted molar refractivity (Wildman–Crippen MR) is 67.3 cm³/mol. The Morgan fingerprint density at radius 3 is 3.06 bits per heavy atom. The Morgan fingerprint density at radius 2 is 2.31 bits per heavy atom. The number of benzene rings is 1. The molecule has 1 aromatic rings. The minimum absolute atomic E-state index is 0.569. The molecule has 0 saturated carbocycles. The van der Waals surface area contributed by atoms with E-state index in [1.807, 2.05) is 23.9 Å². The van der Waals surface area contributed by atoms with Crippen molar-refractivity contribution in [3.63, 3.8) is 0 Å².